The van der Waals surface area contributed by atoms with Crippen LogP contribution in [-0.4, -0.2) is 21.0 Å². The fourth-order valence-electron chi connectivity index (χ4n) is 2.07. The first-order valence-electron chi connectivity index (χ1n) is 6.83. The predicted molar refractivity (Wildman–Crippen MR) is 89.5 cm³/mol. The first-order chi connectivity index (χ1) is 10.0. The Morgan fingerprint density at radius 3 is 2.76 bits per heavy atom. The van der Waals surface area contributed by atoms with Gasteiger partial charge in [0.1, 0.15) is 0 Å². The third-order valence-corrected chi connectivity index (χ3v) is 6.46. The summed E-state index contributed by atoms with van der Waals surface area (Å²) in [4.78, 5) is 1.25. The maximum Gasteiger partial charge on any atom is 0.241 e. The Balaban J connectivity index is 2.05. The van der Waals surface area contributed by atoms with Crippen LogP contribution in [0.3, 0.4) is 0 Å². The van der Waals surface area contributed by atoms with Crippen molar-refractivity contribution >= 4 is 32.7 Å². The molecular formula is C14H20N2O2S3. The predicted octanol–water partition coefficient (Wildman–Crippen LogP) is 2.83. The Bertz CT molecular complexity index is 648. The second-order valence-electron chi connectivity index (χ2n) is 4.85. The largest absolute Gasteiger partial charge is 0.312 e. The van der Waals surface area contributed by atoms with E-state index < -0.39 is 10.0 Å². The molecule has 1 atom stereocenters. The van der Waals surface area contributed by atoms with Gasteiger partial charge < -0.3 is 5.32 Å². The third-order valence-electron chi connectivity index (χ3n) is 3.01. The Kier molecular flexibility index (Phi) is 5.95. The van der Waals surface area contributed by atoms with Gasteiger partial charge in [-0.05, 0) is 53.7 Å². The number of thiophene rings is 2. The molecule has 7 heteroatoms. The number of sulfonamides is 1. The van der Waals surface area contributed by atoms with Crippen molar-refractivity contribution in [3.05, 3.63) is 38.7 Å². The van der Waals surface area contributed by atoms with Gasteiger partial charge in [-0.1, -0.05) is 6.92 Å². The lowest BCUT2D eigenvalue weighted by molar-refractivity contribution is 0.558. The third kappa shape index (κ3) is 4.62. The molecule has 2 heterocycles. The van der Waals surface area contributed by atoms with Crippen LogP contribution in [0.25, 0.3) is 0 Å². The summed E-state index contributed by atoms with van der Waals surface area (Å²) in [6.07, 6.45) is 0.704. The topological polar surface area (TPSA) is 58.2 Å². The summed E-state index contributed by atoms with van der Waals surface area (Å²) in [6.45, 7) is 5.30. The van der Waals surface area contributed by atoms with E-state index in [2.05, 4.69) is 10.0 Å². The van der Waals surface area contributed by atoms with E-state index in [1.165, 1.54) is 11.3 Å². The zero-order valence-corrected chi connectivity index (χ0v) is 14.6. The summed E-state index contributed by atoms with van der Waals surface area (Å²) in [5.74, 6) is 0. The molecule has 0 bridgehead atoms. The molecule has 0 spiro atoms. The Morgan fingerprint density at radius 1 is 1.29 bits per heavy atom. The molecule has 0 aliphatic heterocycles. The Morgan fingerprint density at radius 2 is 2.10 bits per heavy atom. The molecule has 0 aliphatic carbocycles. The molecule has 21 heavy (non-hydrogen) atoms. The molecule has 2 aromatic heterocycles. The van der Waals surface area contributed by atoms with Gasteiger partial charge in [0.2, 0.25) is 10.0 Å². The fourth-order valence-corrected chi connectivity index (χ4v) is 5.41. The Labute approximate surface area is 134 Å². The van der Waals surface area contributed by atoms with E-state index in [1.807, 2.05) is 36.1 Å². The summed E-state index contributed by atoms with van der Waals surface area (Å²) in [5, 5.41) is 9.05. The first-order valence-corrected chi connectivity index (χ1v) is 10.1. The van der Waals surface area contributed by atoms with E-state index in [4.69, 9.17) is 0 Å². The van der Waals surface area contributed by atoms with E-state index in [9.17, 15) is 8.42 Å². The SMILES string of the molecule is CCNCc1sccc1S(=O)(=O)NC(C)Cc1ccsc1. The summed E-state index contributed by atoms with van der Waals surface area (Å²) in [7, 11) is -3.46. The van der Waals surface area contributed by atoms with E-state index >= 15 is 0 Å². The minimum absolute atomic E-state index is 0.128. The van der Waals surface area contributed by atoms with Crippen LogP contribution in [0.2, 0.25) is 0 Å². The van der Waals surface area contributed by atoms with Crippen LogP contribution in [0.5, 0.6) is 0 Å². The van der Waals surface area contributed by atoms with Crippen LogP contribution in [0.4, 0.5) is 0 Å². The fraction of sp³-hybridized carbons (Fsp3) is 0.429. The minimum atomic E-state index is -3.46. The van der Waals surface area contributed by atoms with Gasteiger partial charge in [0.05, 0.1) is 4.90 Å². The van der Waals surface area contributed by atoms with Crippen molar-refractivity contribution in [2.75, 3.05) is 6.54 Å². The van der Waals surface area contributed by atoms with Gasteiger partial charge in [-0.25, -0.2) is 13.1 Å². The zero-order valence-electron chi connectivity index (χ0n) is 12.1. The normalized spacial score (nSPS) is 13.4. The quantitative estimate of drug-likeness (QED) is 0.774. The number of hydrogen-bond acceptors (Lipinski definition) is 5. The standard InChI is InChI=1S/C14H20N2O2S3/c1-3-15-9-13-14(5-7-20-13)21(17,18)16-11(2)8-12-4-6-19-10-12/h4-7,10-11,15-16H,3,8-9H2,1-2H3. The lowest BCUT2D eigenvalue weighted by atomic mass is 10.1. The zero-order chi connectivity index (χ0) is 15.3. The van der Waals surface area contributed by atoms with Gasteiger partial charge in [0.25, 0.3) is 0 Å². The highest BCUT2D eigenvalue weighted by atomic mass is 32.2. The molecule has 0 saturated heterocycles. The molecule has 0 fully saturated rings. The molecule has 0 saturated carbocycles. The van der Waals surface area contributed by atoms with Crippen molar-refractivity contribution in [2.45, 2.75) is 37.8 Å². The number of rotatable bonds is 8. The molecule has 2 rings (SSSR count). The molecule has 2 N–H and O–H groups in total. The van der Waals surface area contributed by atoms with Crippen LogP contribution in [-0.2, 0) is 23.0 Å². The molecule has 0 aliphatic rings. The van der Waals surface area contributed by atoms with Gasteiger partial charge in [0.15, 0.2) is 0 Å². The average Bonchev–Trinajstić information content (AvgIpc) is 3.06. The van der Waals surface area contributed by atoms with Crippen LogP contribution in [0.1, 0.15) is 24.3 Å². The van der Waals surface area contributed by atoms with Gasteiger partial charge in [-0.15, -0.1) is 11.3 Å². The summed E-state index contributed by atoms with van der Waals surface area (Å²) in [6, 6.07) is 3.57. The lowest BCUT2D eigenvalue weighted by Crippen LogP contribution is -2.34. The van der Waals surface area contributed by atoms with Crippen molar-refractivity contribution in [1.29, 1.82) is 0 Å². The van der Waals surface area contributed by atoms with Crippen molar-refractivity contribution in [1.82, 2.24) is 10.0 Å². The molecule has 2 aromatic rings. The smallest absolute Gasteiger partial charge is 0.241 e. The van der Waals surface area contributed by atoms with Crippen molar-refractivity contribution in [3.63, 3.8) is 0 Å². The van der Waals surface area contributed by atoms with E-state index in [1.54, 1.807) is 17.4 Å². The maximum absolute atomic E-state index is 12.5. The van der Waals surface area contributed by atoms with Crippen LogP contribution < -0.4 is 10.0 Å². The molecule has 1 unspecified atom stereocenters. The van der Waals surface area contributed by atoms with Gasteiger partial charge in [-0.2, -0.15) is 11.3 Å². The van der Waals surface area contributed by atoms with Crippen molar-refractivity contribution < 1.29 is 8.42 Å². The highest BCUT2D eigenvalue weighted by Gasteiger charge is 2.21. The highest BCUT2D eigenvalue weighted by Crippen LogP contribution is 2.22. The Hall–Kier alpha value is -0.730. The number of nitrogens with one attached hydrogen (secondary N) is 2. The molecule has 0 aromatic carbocycles. The van der Waals surface area contributed by atoms with Crippen LogP contribution in [0.15, 0.2) is 33.2 Å². The summed E-state index contributed by atoms with van der Waals surface area (Å²) < 4.78 is 27.7. The second-order valence-corrected chi connectivity index (χ2v) is 8.31. The van der Waals surface area contributed by atoms with Gasteiger partial charge >= 0.3 is 0 Å². The highest BCUT2D eigenvalue weighted by molar-refractivity contribution is 7.89. The van der Waals surface area contributed by atoms with Crippen LogP contribution >= 0.6 is 22.7 Å². The number of hydrogen-bond donors (Lipinski definition) is 2. The summed E-state index contributed by atoms with van der Waals surface area (Å²) >= 11 is 3.09. The minimum Gasteiger partial charge on any atom is -0.312 e. The van der Waals surface area contributed by atoms with Crippen molar-refractivity contribution in [3.8, 4) is 0 Å². The van der Waals surface area contributed by atoms with Crippen LogP contribution in [0, 0.1) is 0 Å². The molecule has 0 amide bonds. The molecule has 0 radical (unpaired) electrons. The first kappa shape index (κ1) is 16.6. The summed E-state index contributed by atoms with van der Waals surface area (Å²) in [5.41, 5.74) is 1.16. The van der Waals surface area contributed by atoms with Crippen molar-refractivity contribution in [2.24, 2.45) is 0 Å². The molecule has 4 nitrogen and oxygen atoms in total. The molecular weight excluding hydrogens is 324 g/mol. The average molecular weight is 345 g/mol. The van der Waals surface area contributed by atoms with E-state index in [0.717, 1.165) is 17.0 Å². The lowest BCUT2D eigenvalue weighted by Gasteiger charge is -2.14. The van der Waals surface area contributed by atoms with E-state index in [0.29, 0.717) is 17.9 Å². The van der Waals surface area contributed by atoms with Gasteiger partial charge in [-0.3, -0.25) is 0 Å². The monoisotopic (exact) mass is 344 g/mol. The maximum atomic E-state index is 12.5. The van der Waals surface area contributed by atoms with Gasteiger partial charge in [0, 0.05) is 17.5 Å². The second kappa shape index (κ2) is 7.51. The molecule has 116 valence electrons. The van der Waals surface area contributed by atoms with E-state index in [-0.39, 0.29) is 6.04 Å².